The van der Waals surface area contributed by atoms with E-state index < -0.39 is 10.0 Å². The Balaban J connectivity index is 1.78. The molecule has 0 radical (unpaired) electrons. The van der Waals surface area contributed by atoms with Gasteiger partial charge in [0.1, 0.15) is 0 Å². The Bertz CT molecular complexity index is 1190. The van der Waals surface area contributed by atoms with Crippen LogP contribution < -0.4 is 5.01 Å². The van der Waals surface area contributed by atoms with Crippen LogP contribution in [0, 0.1) is 11.3 Å². The van der Waals surface area contributed by atoms with Gasteiger partial charge in [-0.15, -0.1) is 4.41 Å². The van der Waals surface area contributed by atoms with Gasteiger partial charge in [-0.05, 0) is 72.6 Å². The zero-order valence-corrected chi connectivity index (χ0v) is 18.1. The zero-order valence-electron chi connectivity index (χ0n) is 15.7. The molecule has 1 heterocycles. The molecule has 1 atom stereocenters. The first-order valence-corrected chi connectivity index (χ1v) is 11.4. The van der Waals surface area contributed by atoms with Crippen LogP contribution in [0.4, 0.5) is 5.69 Å². The summed E-state index contributed by atoms with van der Waals surface area (Å²) in [6.45, 7) is 0.318. The van der Waals surface area contributed by atoms with Gasteiger partial charge >= 0.3 is 0 Å². The largest absolute Gasteiger partial charge is 0.285 e. The predicted octanol–water partition coefficient (Wildman–Crippen LogP) is 5.42. The van der Waals surface area contributed by atoms with Gasteiger partial charge in [0.15, 0.2) is 0 Å². The Morgan fingerprint density at radius 2 is 1.43 bits per heavy atom. The van der Waals surface area contributed by atoms with E-state index in [1.54, 1.807) is 53.5 Å². The van der Waals surface area contributed by atoms with Crippen molar-refractivity contribution in [1.82, 2.24) is 4.41 Å². The topological polar surface area (TPSA) is 64.4 Å². The lowest BCUT2D eigenvalue weighted by Gasteiger charge is -2.33. The lowest BCUT2D eigenvalue weighted by atomic mass is 10.0. The number of hydrogen-bond donors (Lipinski definition) is 0. The molecule has 0 N–H and O–H groups in total. The first-order valence-electron chi connectivity index (χ1n) is 9.23. The lowest BCUT2D eigenvalue weighted by Crippen LogP contribution is -2.42. The van der Waals surface area contributed by atoms with Crippen LogP contribution >= 0.6 is 23.2 Å². The molecule has 1 unspecified atom stereocenters. The molecule has 8 heteroatoms. The fourth-order valence-corrected chi connectivity index (χ4v) is 5.33. The van der Waals surface area contributed by atoms with Gasteiger partial charge in [-0.1, -0.05) is 35.3 Å². The average molecular weight is 458 g/mol. The summed E-state index contributed by atoms with van der Waals surface area (Å²) >= 11 is 12.0. The third-order valence-electron chi connectivity index (χ3n) is 5.03. The fourth-order valence-electron chi connectivity index (χ4n) is 3.57. The molecule has 0 saturated carbocycles. The molecule has 30 heavy (non-hydrogen) atoms. The number of anilines is 1. The standard InChI is InChI=1S/C22H17Cl2N3O2S/c23-18-5-9-20(10-6-18)27-22(17-3-1-16(15-25)2-4-17)13-14-26(27)30(28,29)21-11-7-19(24)8-12-21/h1-12,22H,13-14H2. The molecule has 0 aliphatic carbocycles. The average Bonchev–Trinajstić information content (AvgIpc) is 3.21. The maximum absolute atomic E-state index is 13.4. The van der Waals surface area contributed by atoms with Gasteiger partial charge in [0.05, 0.1) is 28.3 Å². The van der Waals surface area contributed by atoms with Gasteiger partial charge in [-0.25, -0.2) is 8.42 Å². The van der Waals surface area contributed by atoms with Crippen LogP contribution in [0.5, 0.6) is 0 Å². The molecule has 0 aromatic heterocycles. The number of halogens is 2. The second-order valence-corrected chi connectivity index (χ2v) is 9.58. The Hall–Kier alpha value is -2.56. The highest BCUT2D eigenvalue weighted by Gasteiger charge is 2.40. The highest BCUT2D eigenvalue weighted by Crippen LogP contribution is 2.40. The van der Waals surface area contributed by atoms with E-state index in [1.807, 2.05) is 12.1 Å². The van der Waals surface area contributed by atoms with Crippen LogP contribution in [-0.2, 0) is 10.0 Å². The Morgan fingerprint density at radius 3 is 2.00 bits per heavy atom. The van der Waals surface area contributed by atoms with Gasteiger partial charge in [-0.2, -0.15) is 5.26 Å². The number of hydrogen-bond acceptors (Lipinski definition) is 4. The summed E-state index contributed by atoms with van der Waals surface area (Å²) in [6.07, 6.45) is 0.599. The monoisotopic (exact) mass is 457 g/mol. The zero-order chi connectivity index (χ0) is 21.3. The third kappa shape index (κ3) is 3.90. The van der Waals surface area contributed by atoms with Gasteiger partial charge < -0.3 is 0 Å². The Morgan fingerprint density at radius 1 is 0.867 bits per heavy atom. The van der Waals surface area contributed by atoms with Gasteiger partial charge in [0.25, 0.3) is 10.0 Å². The molecule has 0 amide bonds. The molecule has 5 nitrogen and oxygen atoms in total. The minimum absolute atomic E-state index is 0.173. The van der Waals surface area contributed by atoms with Crippen molar-refractivity contribution in [3.05, 3.63) is 94.0 Å². The summed E-state index contributed by atoms with van der Waals surface area (Å²) in [7, 11) is -3.80. The highest BCUT2D eigenvalue weighted by molar-refractivity contribution is 7.89. The highest BCUT2D eigenvalue weighted by atomic mass is 35.5. The van der Waals surface area contributed by atoms with Crippen LogP contribution in [0.2, 0.25) is 10.0 Å². The Kier molecular flexibility index (Phi) is 5.72. The van der Waals surface area contributed by atoms with Gasteiger partial charge in [0, 0.05) is 16.6 Å². The smallest absolute Gasteiger partial charge is 0.260 e. The minimum atomic E-state index is -3.80. The maximum atomic E-state index is 13.4. The molecule has 3 aromatic rings. The minimum Gasteiger partial charge on any atom is -0.285 e. The molecule has 1 fully saturated rings. The van der Waals surface area contributed by atoms with E-state index in [1.165, 1.54) is 16.5 Å². The van der Waals surface area contributed by atoms with Crippen molar-refractivity contribution in [3.8, 4) is 6.07 Å². The van der Waals surface area contributed by atoms with Crippen LogP contribution in [0.3, 0.4) is 0 Å². The lowest BCUT2D eigenvalue weighted by molar-refractivity contribution is 0.440. The summed E-state index contributed by atoms with van der Waals surface area (Å²) in [5.74, 6) is 0. The van der Waals surface area contributed by atoms with Crippen molar-refractivity contribution in [1.29, 1.82) is 5.26 Å². The van der Waals surface area contributed by atoms with E-state index in [2.05, 4.69) is 6.07 Å². The molecular weight excluding hydrogens is 441 g/mol. The van der Waals surface area contributed by atoms with Crippen molar-refractivity contribution in [2.45, 2.75) is 17.4 Å². The molecule has 0 spiro atoms. The van der Waals surface area contributed by atoms with Crippen LogP contribution in [-0.4, -0.2) is 19.4 Å². The van der Waals surface area contributed by atoms with Crippen molar-refractivity contribution in [2.24, 2.45) is 0 Å². The number of nitriles is 1. The summed E-state index contributed by atoms with van der Waals surface area (Å²) in [4.78, 5) is 0.173. The Labute approximate surface area is 185 Å². The van der Waals surface area contributed by atoms with E-state index in [4.69, 9.17) is 28.5 Å². The van der Waals surface area contributed by atoms with Crippen molar-refractivity contribution >= 4 is 38.9 Å². The van der Waals surface area contributed by atoms with E-state index in [0.717, 1.165) is 5.56 Å². The van der Waals surface area contributed by atoms with Crippen LogP contribution in [0.1, 0.15) is 23.6 Å². The number of benzene rings is 3. The molecule has 152 valence electrons. The summed E-state index contributed by atoms with van der Waals surface area (Å²) < 4.78 is 28.3. The fraction of sp³-hybridized carbons (Fsp3) is 0.136. The van der Waals surface area contributed by atoms with E-state index in [-0.39, 0.29) is 10.9 Å². The van der Waals surface area contributed by atoms with Crippen LogP contribution in [0.15, 0.2) is 77.7 Å². The number of nitrogens with zero attached hydrogens (tertiary/aromatic N) is 3. The van der Waals surface area contributed by atoms with Crippen molar-refractivity contribution in [2.75, 3.05) is 11.6 Å². The third-order valence-corrected chi connectivity index (χ3v) is 7.32. The van der Waals surface area contributed by atoms with Crippen LogP contribution in [0.25, 0.3) is 0 Å². The molecule has 1 aliphatic rings. The van der Waals surface area contributed by atoms with E-state index >= 15 is 0 Å². The second-order valence-electron chi connectivity index (χ2n) is 6.86. The predicted molar refractivity (Wildman–Crippen MR) is 118 cm³/mol. The SMILES string of the molecule is N#Cc1ccc(C2CCN(S(=O)(=O)c3ccc(Cl)cc3)N2c2ccc(Cl)cc2)cc1. The molecule has 1 aliphatic heterocycles. The maximum Gasteiger partial charge on any atom is 0.260 e. The molecule has 1 saturated heterocycles. The number of rotatable bonds is 4. The van der Waals surface area contributed by atoms with Crippen molar-refractivity contribution in [3.63, 3.8) is 0 Å². The van der Waals surface area contributed by atoms with E-state index in [0.29, 0.717) is 34.3 Å². The second kappa shape index (κ2) is 8.29. The molecule has 4 rings (SSSR count). The number of sulfonamides is 1. The first-order chi connectivity index (χ1) is 14.4. The summed E-state index contributed by atoms with van der Waals surface area (Å²) in [5, 5.41) is 11.9. The summed E-state index contributed by atoms with van der Waals surface area (Å²) in [5.41, 5.74) is 2.20. The van der Waals surface area contributed by atoms with Gasteiger partial charge in [-0.3, -0.25) is 5.01 Å². The number of hydrazine groups is 1. The van der Waals surface area contributed by atoms with E-state index in [9.17, 15) is 8.42 Å². The molecular formula is C22H17Cl2N3O2S. The quantitative estimate of drug-likeness (QED) is 0.524. The first kappa shape index (κ1) is 20.7. The summed E-state index contributed by atoms with van der Waals surface area (Å²) in [6, 6.07) is 22.3. The van der Waals surface area contributed by atoms with Crippen molar-refractivity contribution < 1.29 is 8.42 Å². The normalized spacial score (nSPS) is 17.1. The van der Waals surface area contributed by atoms with Gasteiger partial charge in [0.2, 0.25) is 0 Å². The molecule has 0 bridgehead atoms. The molecule has 3 aromatic carbocycles.